The highest BCUT2D eigenvalue weighted by atomic mass is 35.5. The van der Waals surface area contributed by atoms with Crippen LogP contribution in [-0.4, -0.2) is 5.84 Å². The smallest absolute Gasteiger partial charge is 0.146 e. The van der Waals surface area contributed by atoms with E-state index < -0.39 is 0 Å². The van der Waals surface area contributed by atoms with Gasteiger partial charge in [0.05, 0.1) is 5.02 Å². The molecule has 0 heterocycles. The van der Waals surface area contributed by atoms with Gasteiger partial charge in [0, 0.05) is 5.56 Å². The molecule has 0 unspecified atom stereocenters. The lowest BCUT2D eigenvalue weighted by Gasteiger charge is -2.09. The van der Waals surface area contributed by atoms with Gasteiger partial charge in [-0.3, -0.25) is 5.41 Å². The fourth-order valence-electron chi connectivity index (χ4n) is 1.71. The minimum absolute atomic E-state index is 0.0126. The molecule has 0 atom stereocenters. The number of nitrogens with one attached hydrogen (secondary N) is 1. The third-order valence-corrected chi connectivity index (χ3v) is 3.07. The van der Waals surface area contributed by atoms with Gasteiger partial charge >= 0.3 is 0 Å². The second-order valence-corrected chi connectivity index (χ2v) is 4.57. The number of halogens is 1. The van der Waals surface area contributed by atoms with Crippen LogP contribution in [0.4, 0.5) is 0 Å². The predicted molar refractivity (Wildman–Crippen MR) is 78.4 cm³/mol. The van der Waals surface area contributed by atoms with Crippen LogP contribution in [0.3, 0.4) is 0 Å². The second-order valence-electron chi connectivity index (χ2n) is 4.16. The molecule has 0 radical (unpaired) electrons. The van der Waals surface area contributed by atoms with E-state index in [4.69, 9.17) is 27.5 Å². The van der Waals surface area contributed by atoms with E-state index in [9.17, 15) is 0 Å². The van der Waals surface area contributed by atoms with Gasteiger partial charge in [0.15, 0.2) is 0 Å². The number of ether oxygens (including phenoxy) is 1. The average Bonchev–Trinajstić information content (AvgIpc) is 2.41. The molecule has 3 nitrogen and oxygen atoms in total. The highest BCUT2D eigenvalue weighted by Crippen LogP contribution is 2.30. The Balaban J connectivity index is 2.25. The first-order chi connectivity index (χ1) is 9.10. The summed E-state index contributed by atoms with van der Waals surface area (Å²) in [6.45, 7) is 2.09. The normalized spacial score (nSPS) is 10.2. The predicted octanol–water partition coefficient (Wildman–Crippen LogP) is 3.98. The number of aryl methyl sites for hydroxylation is 1. The monoisotopic (exact) mass is 274 g/mol. The third-order valence-electron chi connectivity index (χ3n) is 2.78. The van der Waals surface area contributed by atoms with E-state index in [2.05, 4.69) is 6.92 Å². The zero-order chi connectivity index (χ0) is 13.8. The van der Waals surface area contributed by atoms with Crippen LogP contribution in [0.15, 0.2) is 42.5 Å². The quantitative estimate of drug-likeness (QED) is 0.654. The van der Waals surface area contributed by atoms with Crippen LogP contribution in [0, 0.1) is 5.41 Å². The second kappa shape index (κ2) is 5.76. The molecule has 0 aliphatic heterocycles. The Morgan fingerprint density at radius 1 is 1.26 bits per heavy atom. The summed E-state index contributed by atoms with van der Waals surface area (Å²) < 4.78 is 5.74. The SMILES string of the molecule is CCc1cccc(Oc2ccc(C(=N)N)cc2Cl)c1. The summed E-state index contributed by atoms with van der Waals surface area (Å²) in [4.78, 5) is 0. The molecule has 0 aromatic heterocycles. The molecule has 2 aromatic rings. The lowest BCUT2D eigenvalue weighted by Crippen LogP contribution is -2.10. The molecule has 0 spiro atoms. The number of hydrogen-bond acceptors (Lipinski definition) is 2. The van der Waals surface area contributed by atoms with Crippen LogP contribution < -0.4 is 10.5 Å². The first kappa shape index (κ1) is 13.4. The summed E-state index contributed by atoms with van der Waals surface area (Å²) in [5.41, 5.74) is 7.19. The number of benzene rings is 2. The largest absolute Gasteiger partial charge is 0.456 e. The van der Waals surface area contributed by atoms with Crippen LogP contribution >= 0.6 is 11.6 Å². The van der Waals surface area contributed by atoms with Gasteiger partial charge in [0.2, 0.25) is 0 Å². The van der Waals surface area contributed by atoms with Gasteiger partial charge in [-0.1, -0.05) is 30.7 Å². The molecule has 2 rings (SSSR count). The van der Waals surface area contributed by atoms with Crippen LogP contribution in [0.25, 0.3) is 0 Å². The number of amidine groups is 1. The van der Waals surface area contributed by atoms with Crippen molar-refractivity contribution in [1.82, 2.24) is 0 Å². The Bertz CT molecular complexity index is 611. The summed E-state index contributed by atoms with van der Waals surface area (Å²) in [5, 5.41) is 7.79. The molecule has 0 bridgehead atoms. The fraction of sp³-hybridized carbons (Fsp3) is 0.133. The van der Waals surface area contributed by atoms with E-state index in [-0.39, 0.29) is 5.84 Å². The number of nitrogen functional groups attached to an aromatic ring is 1. The van der Waals surface area contributed by atoms with E-state index >= 15 is 0 Å². The zero-order valence-corrected chi connectivity index (χ0v) is 11.4. The van der Waals surface area contributed by atoms with E-state index in [1.54, 1.807) is 18.2 Å². The van der Waals surface area contributed by atoms with Crippen molar-refractivity contribution in [2.75, 3.05) is 0 Å². The molecular weight excluding hydrogens is 260 g/mol. The topological polar surface area (TPSA) is 59.1 Å². The van der Waals surface area contributed by atoms with Crippen molar-refractivity contribution in [2.45, 2.75) is 13.3 Å². The zero-order valence-electron chi connectivity index (χ0n) is 10.6. The van der Waals surface area contributed by atoms with E-state index in [1.807, 2.05) is 24.3 Å². The van der Waals surface area contributed by atoms with Crippen LogP contribution in [0.2, 0.25) is 5.02 Å². The maximum absolute atomic E-state index is 7.36. The van der Waals surface area contributed by atoms with Gasteiger partial charge < -0.3 is 10.5 Å². The number of hydrogen-bond donors (Lipinski definition) is 2. The van der Waals surface area contributed by atoms with Crippen molar-refractivity contribution in [3.63, 3.8) is 0 Å². The van der Waals surface area contributed by atoms with Crippen LogP contribution in [-0.2, 0) is 6.42 Å². The van der Waals surface area contributed by atoms with Crippen molar-refractivity contribution in [2.24, 2.45) is 5.73 Å². The molecule has 0 aliphatic carbocycles. The van der Waals surface area contributed by atoms with Gasteiger partial charge in [0.1, 0.15) is 17.3 Å². The summed E-state index contributed by atoms with van der Waals surface area (Å²) >= 11 is 6.12. The van der Waals surface area contributed by atoms with E-state index in [1.165, 1.54) is 5.56 Å². The van der Waals surface area contributed by atoms with Crippen molar-refractivity contribution in [3.05, 3.63) is 58.6 Å². The lowest BCUT2D eigenvalue weighted by molar-refractivity contribution is 0.482. The summed E-state index contributed by atoms with van der Waals surface area (Å²) in [6, 6.07) is 12.9. The molecule has 4 heteroatoms. The molecule has 98 valence electrons. The van der Waals surface area contributed by atoms with E-state index in [0.717, 1.165) is 12.2 Å². The average molecular weight is 275 g/mol. The number of nitrogens with two attached hydrogens (primary N) is 1. The Morgan fingerprint density at radius 3 is 2.68 bits per heavy atom. The van der Waals surface area contributed by atoms with Gasteiger partial charge in [-0.25, -0.2) is 0 Å². The molecule has 0 aliphatic rings. The van der Waals surface area contributed by atoms with Crippen molar-refractivity contribution in [1.29, 1.82) is 5.41 Å². The molecular formula is C15H15ClN2O. The highest BCUT2D eigenvalue weighted by molar-refractivity contribution is 6.32. The first-order valence-corrected chi connectivity index (χ1v) is 6.38. The van der Waals surface area contributed by atoms with Gasteiger partial charge in [-0.05, 0) is 42.3 Å². The minimum atomic E-state index is -0.0126. The number of rotatable bonds is 4. The molecule has 0 fully saturated rings. The molecule has 2 aromatic carbocycles. The maximum atomic E-state index is 7.36. The highest BCUT2D eigenvalue weighted by Gasteiger charge is 2.06. The maximum Gasteiger partial charge on any atom is 0.146 e. The van der Waals surface area contributed by atoms with Crippen molar-refractivity contribution >= 4 is 17.4 Å². The third kappa shape index (κ3) is 3.26. The summed E-state index contributed by atoms with van der Waals surface area (Å²) in [7, 11) is 0. The Kier molecular flexibility index (Phi) is 4.07. The van der Waals surface area contributed by atoms with Crippen LogP contribution in [0.1, 0.15) is 18.1 Å². The summed E-state index contributed by atoms with van der Waals surface area (Å²) in [6.07, 6.45) is 0.953. The Labute approximate surface area is 117 Å². The Hall–Kier alpha value is -2.00. The summed E-state index contributed by atoms with van der Waals surface area (Å²) in [5.74, 6) is 1.29. The van der Waals surface area contributed by atoms with Gasteiger partial charge in [-0.2, -0.15) is 0 Å². The molecule has 0 amide bonds. The van der Waals surface area contributed by atoms with Crippen molar-refractivity contribution < 1.29 is 4.74 Å². The van der Waals surface area contributed by atoms with Crippen molar-refractivity contribution in [3.8, 4) is 11.5 Å². The molecule has 0 saturated heterocycles. The van der Waals surface area contributed by atoms with E-state index in [0.29, 0.717) is 16.3 Å². The van der Waals surface area contributed by atoms with Crippen LogP contribution in [0.5, 0.6) is 11.5 Å². The first-order valence-electron chi connectivity index (χ1n) is 6.01. The molecule has 19 heavy (non-hydrogen) atoms. The molecule has 3 N–H and O–H groups in total. The lowest BCUT2D eigenvalue weighted by atomic mass is 10.1. The standard InChI is InChI=1S/C15H15ClN2O/c1-2-10-4-3-5-12(8-10)19-14-7-6-11(15(17)18)9-13(14)16/h3-9H,2H2,1H3,(H3,17,18). The van der Waals surface area contributed by atoms with Gasteiger partial charge in [0.25, 0.3) is 0 Å². The molecule has 0 saturated carbocycles. The van der Waals surface area contributed by atoms with Gasteiger partial charge in [-0.15, -0.1) is 0 Å². The fourth-order valence-corrected chi connectivity index (χ4v) is 1.93. The minimum Gasteiger partial charge on any atom is -0.456 e. The Morgan fingerprint density at radius 2 is 2.05 bits per heavy atom.